The molecule has 0 bridgehead atoms. The van der Waals surface area contributed by atoms with E-state index in [2.05, 4.69) is 25.9 Å². The highest BCUT2D eigenvalue weighted by molar-refractivity contribution is 5.66. The van der Waals surface area contributed by atoms with E-state index < -0.39 is 5.97 Å². The van der Waals surface area contributed by atoms with Crippen molar-refractivity contribution in [2.45, 2.75) is 90.5 Å². The Bertz CT molecular complexity index is 442. The number of carbonyl (C=O) groups is 1. The largest absolute Gasteiger partial charge is 0.480 e. The van der Waals surface area contributed by atoms with Gasteiger partial charge in [-0.25, -0.2) is 0 Å². The van der Waals surface area contributed by atoms with Gasteiger partial charge in [0.25, 0.3) is 0 Å². The molecule has 1 atom stereocenters. The Hall–Kier alpha value is -1.32. The first kappa shape index (κ1) is 18.7. The first-order valence-corrected chi connectivity index (χ1v) is 8.77. The third-order valence-electron chi connectivity index (χ3n) is 4.47. The van der Waals surface area contributed by atoms with Crippen LogP contribution in [0.5, 0.6) is 0 Å². The van der Waals surface area contributed by atoms with E-state index in [-0.39, 0.29) is 12.0 Å². The molecule has 1 aromatic heterocycles. The summed E-state index contributed by atoms with van der Waals surface area (Å²) in [5, 5.41) is 13.4. The van der Waals surface area contributed by atoms with E-state index in [0.717, 1.165) is 18.5 Å². The lowest BCUT2D eigenvalue weighted by Gasteiger charge is -2.28. The summed E-state index contributed by atoms with van der Waals surface area (Å²) in [5.41, 5.74) is 1.13. The number of hydrogen-bond donors (Lipinski definition) is 1. The number of hydrogen-bond acceptors (Lipinski definition) is 2. The second-order valence-electron chi connectivity index (χ2n) is 6.62. The highest BCUT2D eigenvalue weighted by Gasteiger charge is 2.28. The van der Waals surface area contributed by atoms with Crippen LogP contribution in [0.25, 0.3) is 0 Å². The van der Waals surface area contributed by atoms with E-state index in [1.54, 1.807) is 10.9 Å². The molecule has 0 saturated heterocycles. The van der Waals surface area contributed by atoms with Crippen molar-refractivity contribution >= 4 is 5.97 Å². The van der Waals surface area contributed by atoms with Gasteiger partial charge in [-0.05, 0) is 18.9 Å². The molecule has 126 valence electrons. The fraction of sp³-hybridized carbons (Fsp3) is 0.778. The smallest absolute Gasteiger partial charge is 0.325 e. The van der Waals surface area contributed by atoms with Crippen LogP contribution in [0.2, 0.25) is 0 Å². The van der Waals surface area contributed by atoms with Crippen LogP contribution in [-0.2, 0) is 16.8 Å². The second kappa shape index (κ2) is 9.65. The number of carboxylic acid groups (broad SMARTS) is 1. The normalized spacial score (nSPS) is 14.0. The average molecular weight is 308 g/mol. The topological polar surface area (TPSA) is 55.1 Å². The summed E-state index contributed by atoms with van der Waals surface area (Å²) < 4.78 is 1.54. The maximum Gasteiger partial charge on any atom is 0.325 e. The summed E-state index contributed by atoms with van der Waals surface area (Å²) in [6.07, 6.45) is 12.8. The molecule has 0 amide bonds. The molecule has 1 heterocycles. The maximum atomic E-state index is 10.8. The summed E-state index contributed by atoms with van der Waals surface area (Å²) in [7, 11) is 0. The van der Waals surface area contributed by atoms with E-state index in [1.165, 1.54) is 44.9 Å². The summed E-state index contributed by atoms with van der Waals surface area (Å²) in [4.78, 5) is 10.8. The number of nitrogens with zero attached hydrogens (tertiary/aromatic N) is 2. The van der Waals surface area contributed by atoms with Crippen molar-refractivity contribution in [2.75, 3.05) is 0 Å². The monoisotopic (exact) mass is 308 g/mol. The Labute approximate surface area is 134 Å². The van der Waals surface area contributed by atoms with Crippen LogP contribution < -0.4 is 0 Å². The first-order valence-electron chi connectivity index (χ1n) is 8.77. The lowest BCUT2D eigenvalue weighted by atomic mass is 9.77. The van der Waals surface area contributed by atoms with Crippen molar-refractivity contribution in [2.24, 2.45) is 0 Å². The molecule has 0 aliphatic rings. The Morgan fingerprint density at radius 1 is 1.14 bits per heavy atom. The van der Waals surface area contributed by atoms with Crippen molar-refractivity contribution in [1.82, 2.24) is 9.78 Å². The average Bonchev–Trinajstić information content (AvgIpc) is 2.92. The van der Waals surface area contributed by atoms with Crippen molar-refractivity contribution < 1.29 is 9.90 Å². The van der Waals surface area contributed by atoms with Gasteiger partial charge in [0, 0.05) is 11.6 Å². The fourth-order valence-corrected chi connectivity index (χ4v) is 3.00. The van der Waals surface area contributed by atoms with E-state index in [9.17, 15) is 4.79 Å². The number of aliphatic carboxylic acids is 1. The summed E-state index contributed by atoms with van der Waals surface area (Å²) in [5.74, 6) is -0.842. The predicted molar refractivity (Wildman–Crippen MR) is 90.1 cm³/mol. The van der Waals surface area contributed by atoms with E-state index in [1.807, 2.05) is 6.07 Å². The molecule has 0 saturated carbocycles. The van der Waals surface area contributed by atoms with Gasteiger partial charge in [0.15, 0.2) is 0 Å². The highest BCUT2D eigenvalue weighted by atomic mass is 16.4. The SMILES string of the molecule is CCCCCCC(C)(CCCCC)c1ccn(CC(=O)O)n1. The molecule has 0 radical (unpaired) electrons. The summed E-state index contributed by atoms with van der Waals surface area (Å²) >= 11 is 0. The standard InChI is InChI=1S/C18H32N2O2/c1-4-6-8-10-13-18(3,12-9-7-5-2)16-11-14-20(19-16)15-17(21)22/h11,14H,4-10,12-13,15H2,1-3H3,(H,21,22). The molecule has 0 aliphatic carbocycles. The van der Waals surface area contributed by atoms with Crippen molar-refractivity contribution in [3.05, 3.63) is 18.0 Å². The molecule has 0 aromatic carbocycles. The molecule has 4 heteroatoms. The zero-order valence-corrected chi connectivity index (χ0v) is 14.5. The third-order valence-corrected chi connectivity index (χ3v) is 4.47. The van der Waals surface area contributed by atoms with Gasteiger partial charge in [-0.1, -0.05) is 65.7 Å². The van der Waals surface area contributed by atoms with Gasteiger partial charge in [0.05, 0.1) is 5.69 Å². The molecule has 1 unspecified atom stereocenters. The molecule has 4 nitrogen and oxygen atoms in total. The van der Waals surface area contributed by atoms with E-state index in [0.29, 0.717) is 0 Å². The van der Waals surface area contributed by atoms with Crippen LogP contribution in [0, 0.1) is 0 Å². The van der Waals surface area contributed by atoms with Gasteiger partial charge in [-0.2, -0.15) is 5.10 Å². The molecule has 1 N–H and O–H groups in total. The lowest BCUT2D eigenvalue weighted by molar-refractivity contribution is -0.137. The molecule has 0 spiro atoms. The molecule has 0 fully saturated rings. The minimum atomic E-state index is -0.842. The van der Waals surface area contributed by atoms with Crippen LogP contribution in [0.4, 0.5) is 0 Å². The minimum absolute atomic E-state index is 0.0547. The number of rotatable bonds is 12. The zero-order valence-electron chi connectivity index (χ0n) is 14.5. The lowest BCUT2D eigenvalue weighted by Crippen LogP contribution is -2.23. The minimum Gasteiger partial charge on any atom is -0.480 e. The Kier molecular flexibility index (Phi) is 8.21. The second-order valence-corrected chi connectivity index (χ2v) is 6.62. The van der Waals surface area contributed by atoms with Gasteiger partial charge in [-0.3, -0.25) is 9.48 Å². The van der Waals surface area contributed by atoms with Gasteiger partial charge >= 0.3 is 5.97 Å². The van der Waals surface area contributed by atoms with E-state index >= 15 is 0 Å². The highest BCUT2D eigenvalue weighted by Crippen LogP contribution is 2.34. The van der Waals surface area contributed by atoms with Crippen molar-refractivity contribution in [3.8, 4) is 0 Å². The van der Waals surface area contributed by atoms with Crippen molar-refractivity contribution in [3.63, 3.8) is 0 Å². The molecule has 0 aliphatic heterocycles. The molecule has 1 rings (SSSR count). The molecule has 1 aromatic rings. The van der Waals surface area contributed by atoms with Crippen LogP contribution in [0.3, 0.4) is 0 Å². The number of unbranched alkanes of at least 4 members (excludes halogenated alkanes) is 5. The van der Waals surface area contributed by atoms with Gasteiger partial charge in [0.2, 0.25) is 0 Å². The van der Waals surface area contributed by atoms with Gasteiger partial charge in [-0.15, -0.1) is 0 Å². The Morgan fingerprint density at radius 3 is 2.32 bits per heavy atom. The van der Waals surface area contributed by atoms with Gasteiger partial charge < -0.3 is 5.11 Å². The maximum absolute atomic E-state index is 10.8. The van der Waals surface area contributed by atoms with Crippen LogP contribution in [-0.4, -0.2) is 20.9 Å². The third kappa shape index (κ3) is 6.20. The predicted octanol–water partition coefficient (Wildman–Crippen LogP) is 4.78. The first-order chi connectivity index (χ1) is 10.5. The summed E-state index contributed by atoms with van der Waals surface area (Å²) in [6.45, 7) is 6.69. The Balaban J connectivity index is 2.73. The Morgan fingerprint density at radius 2 is 1.73 bits per heavy atom. The van der Waals surface area contributed by atoms with Crippen molar-refractivity contribution in [1.29, 1.82) is 0 Å². The van der Waals surface area contributed by atoms with Gasteiger partial charge in [0.1, 0.15) is 6.54 Å². The number of aromatic nitrogens is 2. The zero-order chi connectivity index (χ0) is 16.4. The molecule has 22 heavy (non-hydrogen) atoms. The number of carboxylic acids is 1. The quantitative estimate of drug-likeness (QED) is 0.565. The van der Waals surface area contributed by atoms with E-state index in [4.69, 9.17) is 5.11 Å². The van der Waals surface area contributed by atoms with Crippen LogP contribution in [0.1, 0.15) is 84.3 Å². The van der Waals surface area contributed by atoms with Crippen LogP contribution in [0.15, 0.2) is 12.3 Å². The summed E-state index contributed by atoms with van der Waals surface area (Å²) in [6, 6.07) is 2.01. The fourth-order valence-electron chi connectivity index (χ4n) is 3.00. The molecular formula is C18H32N2O2. The van der Waals surface area contributed by atoms with Crippen LogP contribution >= 0.6 is 0 Å². The molecular weight excluding hydrogens is 276 g/mol.